The zero-order chi connectivity index (χ0) is 13.8. The summed E-state index contributed by atoms with van der Waals surface area (Å²) in [5.41, 5.74) is 8.47. The Hall–Kier alpha value is -1.40. The molecule has 100 valence electrons. The number of benzene rings is 1. The summed E-state index contributed by atoms with van der Waals surface area (Å²) in [6.45, 7) is 2.01. The standard InChI is InChI=1S/C13H15BrN4S/c1-8-17-11(12(14)19-8)6-5-9-3-2-4-10(7-9)18-13(15)16/h2-4,7H,5-6H2,1H3,(H4,15,16,18). The fraction of sp³-hybridized carbons (Fsp3) is 0.231. The molecule has 0 aliphatic rings. The third-order valence-corrected chi connectivity index (χ3v) is 4.36. The maximum Gasteiger partial charge on any atom is 0.190 e. The topological polar surface area (TPSA) is 74.8 Å². The van der Waals surface area contributed by atoms with Crippen LogP contribution < -0.4 is 11.1 Å². The molecule has 0 aliphatic heterocycles. The van der Waals surface area contributed by atoms with Crippen LogP contribution in [0.3, 0.4) is 0 Å². The second kappa shape index (κ2) is 6.16. The summed E-state index contributed by atoms with van der Waals surface area (Å²) < 4.78 is 1.11. The second-order valence-electron chi connectivity index (χ2n) is 4.19. The first-order valence-electron chi connectivity index (χ1n) is 5.86. The Balaban J connectivity index is 2.03. The van der Waals surface area contributed by atoms with Gasteiger partial charge in [0.25, 0.3) is 0 Å². The number of anilines is 1. The Morgan fingerprint density at radius 3 is 2.89 bits per heavy atom. The predicted molar refractivity (Wildman–Crippen MR) is 83.9 cm³/mol. The van der Waals surface area contributed by atoms with E-state index in [2.05, 4.69) is 32.3 Å². The molecule has 0 spiro atoms. The molecule has 1 aromatic heterocycles. The number of nitrogens with two attached hydrogens (primary N) is 1. The third-order valence-electron chi connectivity index (χ3n) is 2.61. The van der Waals surface area contributed by atoms with Crippen molar-refractivity contribution in [3.63, 3.8) is 0 Å². The van der Waals surface area contributed by atoms with Crippen molar-refractivity contribution in [3.05, 3.63) is 44.3 Å². The van der Waals surface area contributed by atoms with E-state index in [4.69, 9.17) is 11.1 Å². The van der Waals surface area contributed by atoms with Crippen LogP contribution in [0.4, 0.5) is 5.69 Å². The molecule has 4 nitrogen and oxygen atoms in total. The van der Waals surface area contributed by atoms with E-state index in [0.29, 0.717) is 0 Å². The minimum atomic E-state index is -0.0463. The normalized spacial score (nSPS) is 10.4. The SMILES string of the molecule is Cc1nc(CCc2cccc(NC(=N)N)c2)c(Br)s1. The van der Waals surface area contributed by atoms with Gasteiger partial charge in [-0.3, -0.25) is 5.41 Å². The Bertz CT molecular complexity index is 594. The lowest BCUT2D eigenvalue weighted by Gasteiger charge is -2.06. The molecule has 0 saturated heterocycles. The van der Waals surface area contributed by atoms with Crippen LogP contribution in [-0.2, 0) is 12.8 Å². The van der Waals surface area contributed by atoms with Gasteiger partial charge in [-0.25, -0.2) is 4.98 Å². The average Bonchev–Trinajstić information content (AvgIpc) is 2.65. The van der Waals surface area contributed by atoms with Crippen molar-refractivity contribution in [2.24, 2.45) is 5.73 Å². The smallest absolute Gasteiger partial charge is 0.190 e. The molecule has 0 fully saturated rings. The van der Waals surface area contributed by atoms with E-state index in [1.165, 1.54) is 5.56 Å². The summed E-state index contributed by atoms with van der Waals surface area (Å²) >= 11 is 5.20. The van der Waals surface area contributed by atoms with Crippen molar-refractivity contribution < 1.29 is 0 Å². The van der Waals surface area contributed by atoms with Crippen LogP contribution in [-0.4, -0.2) is 10.9 Å². The van der Waals surface area contributed by atoms with E-state index in [9.17, 15) is 0 Å². The van der Waals surface area contributed by atoms with Crippen molar-refractivity contribution in [1.82, 2.24) is 4.98 Å². The average molecular weight is 339 g/mol. The molecule has 0 bridgehead atoms. The second-order valence-corrected chi connectivity index (χ2v) is 6.71. The largest absolute Gasteiger partial charge is 0.370 e. The highest BCUT2D eigenvalue weighted by molar-refractivity contribution is 9.11. The maximum absolute atomic E-state index is 7.22. The number of aryl methyl sites for hydroxylation is 3. The summed E-state index contributed by atoms with van der Waals surface area (Å²) in [6.07, 6.45) is 1.81. The van der Waals surface area contributed by atoms with Gasteiger partial charge in [0.2, 0.25) is 0 Å². The van der Waals surface area contributed by atoms with E-state index in [0.717, 1.165) is 33.0 Å². The quantitative estimate of drug-likeness (QED) is 0.591. The summed E-state index contributed by atoms with van der Waals surface area (Å²) in [6, 6.07) is 7.93. The zero-order valence-corrected chi connectivity index (χ0v) is 12.9. The highest BCUT2D eigenvalue weighted by Gasteiger charge is 2.06. The number of rotatable bonds is 4. The van der Waals surface area contributed by atoms with Crippen LogP contribution in [0.2, 0.25) is 0 Å². The van der Waals surface area contributed by atoms with Gasteiger partial charge in [0, 0.05) is 5.69 Å². The Labute approximate surface area is 124 Å². The van der Waals surface area contributed by atoms with E-state index >= 15 is 0 Å². The summed E-state index contributed by atoms with van der Waals surface area (Å²) in [7, 11) is 0. The molecule has 0 amide bonds. The number of nitrogens with one attached hydrogen (secondary N) is 2. The molecule has 1 heterocycles. The van der Waals surface area contributed by atoms with Crippen molar-refractivity contribution in [1.29, 1.82) is 5.41 Å². The number of halogens is 1. The number of hydrogen-bond acceptors (Lipinski definition) is 3. The van der Waals surface area contributed by atoms with E-state index < -0.39 is 0 Å². The molecule has 0 saturated carbocycles. The number of hydrogen-bond donors (Lipinski definition) is 3. The van der Waals surface area contributed by atoms with Crippen molar-refractivity contribution in [3.8, 4) is 0 Å². The van der Waals surface area contributed by atoms with Crippen LogP contribution in [0.5, 0.6) is 0 Å². The molecule has 1 aromatic carbocycles. The van der Waals surface area contributed by atoms with Crippen LogP contribution in [0.15, 0.2) is 28.1 Å². The van der Waals surface area contributed by atoms with Gasteiger partial charge in [-0.2, -0.15) is 0 Å². The number of guanidine groups is 1. The lowest BCUT2D eigenvalue weighted by Crippen LogP contribution is -2.20. The fourth-order valence-corrected chi connectivity index (χ4v) is 3.49. The van der Waals surface area contributed by atoms with Gasteiger partial charge < -0.3 is 11.1 Å². The minimum absolute atomic E-state index is 0.0463. The predicted octanol–water partition coefficient (Wildman–Crippen LogP) is 3.30. The van der Waals surface area contributed by atoms with Gasteiger partial charge >= 0.3 is 0 Å². The maximum atomic E-state index is 7.22. The minimum Gasteiger partial charge on any atom is -0.370 e. The monoisotopic (exact) mass is 338 g/mol. The van der Waals surface area contributed by atoms with Crippen molar-refractivity contribution in [2.45, 2.75) is 19.8 Å². The van der Waals surface area contributed by atoms with E-state index in [-0.39, 0.29) is 5.96 Å². The lowest BCUT2D eigenvalue weighted by molar-refractivity contribution is 0.915. The van der Waals surface area contributed by atoms with Gasteiger partial charge in [-0.15, -0.1) is 11.3 Å². The molecule has 0 radical (unpaired) electrons. The van der Waals surface area contributed by atoms with Crippen molar-refractivity contribution >= 4 is 38.9 Å². The Morgan fingerprint density at radius 1 is 1.47 bits per heavy atom. The molecule has 2 rings (SSSR count). The first-order chi connectivity index (χ1) is 9.04. The summed E-state index contributed by atoms with van der Waals surface area (Å²) in [5.74, 6) is -0.0463. The molecule has 0 unspecified atom stereocenters. The molecule has 0 atom stereocenters. The summed E-state index contributed by atoms with van der Waals surface area (Å²) in [4.78, 5) is 4.50. The number of thiazole rings is 1. The molecule has 6 heteroatoms. The number of nitrogens with zero attached hydrogens (tertiary/aromatic N) is 1. The first kappa shape index (κ1) is 14.0. The van der Waals surface area contributed by atoms with Crippen molar-refractivity contribution in [2.75, 3.05) is 5.32 Å². The molecule has 0 aliphatic carbocycles. The van der Waals surface area contributed by atoms with Gasteiger partial charge in [-0.05, 0) is 53.4 Å². The highest BCUT2D eigenvalue weighted by atomic mass is 79.9. The van der Waals surface area contributed by atoms with Crippen LogP contribution in [0.1, 0.15) is 16.3 Å². The zero-order valence-electron chi connectivity index (χ0n) is 10.5. The van der Waals surface area contributed by atoms with Gasteiger partial charge in [-0.1, -0.05) is 12.1 Å². The molecule has 2 aromatic rings. The fourth-order valence-electron chi connectivity index (χ4n) is 1.82. The molecular formula is C13H15BrN4S. The highest BCUT2D eigenvalue weighted by Crippen LogP contribution is 2.25. The first-order valence-corrected chi connectivity index (χ1v) is 7.47. The van der Waals surface area contributed by atoms with E-state index in [1.807, 2.05) is 25.1 Å². The summed E-state index contributed by atoms with van der Waals surface area (Å²) in [5, 5.41) is 11.1. The molecule has 4 N–H and O–H groups in total. The van der Waals surface area contributed by atoms with E-state index in [1.54, 1.807) is 11.3 Å². The molecule has 19 heavy (non-hydrogen) atoms. The van der Waals surface area contributed by atoms with Crippen LogP contribution in [0, 0.1) is 12.3 Å². The van der Waals surface area contributed by atoms with Gasteiger partial charge in [0.05, 0.1) is 14.5 Å². The van der Waals surface area contributed by atoms with Crippen LogP contribution >= 0.6 is 27.3 Å². The molecular weight excluding hydrogens is 324 g/mol. The Morgan fingerprint density at radius 2 is 2.26 bits per heavy atom. The van der Waals surface area contributed by atoms with Crippen LogP contribution in [0.25, 0.3) is 0 Å². The van der Waals surface area contributed by atoms with Gasteiger partial charge in [0.1, 0.15) is 0 Å². The third kappa shape index (κ3) is 4.04. The van der Waals surface area contributed by atoms with Gasteiger partial charge in [0.15, 0.2) is 5.96 Å². The number of aromatic nitrogens is 1. The lowest BCUT2D eigenvalue weighted by atomic mass is 10.1. The Kier molecular flexibility index (Phi) is 4.55.